The molecule has 1 unspecified atom stereocenters. The summed E-state index contributed by atoms with van der Waals surface area (Å²) in [5, 5.41) is 3.63. The van der Waals surface area contributed by atoms with Crippen LogP contribution in [0.4, 0.5) is 0 Å². The van der Waals surface area contributed by atoms with Gasteiger partial charge in [0.05, 0.1) is 0 Å². The summed E-state index contributed by atoms with van der Waals surface area (Å²) in [7, 11) is 0. The Bertz CT molecular complexity index is 516. The number of nitrogens with one attached hydrogen (secondary N) is 1. The molecule has 1 fully saturated rings. The summed E-state index contributed by atoms with van der Waals surface area (Å²) in [6.07, 6.45) is 8.83. The molecule has 98 valence electrons. The van der Waals surface area contributed by atoms with E-state index < -0.39 is 0 Å². The van der Waals surface area contributed by atoms with Gasteiger partial charge in [-0.15, -0.1) is 0 Å². The van der Waals surface area contributed by atoms with E-state index in [1.165, 1.54) is 42.5 Å². The highest BCUT2D eigenvalue weighted by atomic mass is 14.9. The van der Waals surface area contributed by atoms with E-state index in [-0.39, 0.29) is 0 Å². The average Bonchev–Trinajstić information content (AvgIpc) is 2.50. The standard InChI is InChI=1S/C17H20N2/c1-2-7-17(14-8-11-18-12-9-14)15(5-1)13-16-6-3-4-10-19-16/h1-2,5,7-9,11-12,16,19H,3-4,6,10,13H2. The molecule has 0 spiro atoms. The minimum atomic E-state index is 0.636. The molecular formula is C17H20N2. The van der Waals surface area contributed by atoms with E-state index in [2.05, 4.69) is 46.7 Å². The molecule has 1 atom stereocenters. The summed E-state index contributed by atoms with van der Waals surface area (Å²) in [5.74, 6) is 0. The van der Waals surface area contributed by atoms with Crippen LogP contribution in [0.5, 0.6) is 0 Å². The van der Waals surface area contributed by atoms with E-state index >= 15 is 0 Å². The third-order valence-electron chi connectivity index (χ3n) is 3.89. The van der Waals surface area contributed by atoms with Crippen LogP contribution in [0.15, 0.2) is 48.8 Å². The number of pyridine rings is 1. The van der Waals surface area contributed by atoms with E-state index in [1.54, 1.807) is 0 Å². The van der Waals surface area contributed by atoms with Crippen LogP contribution >= 0.6 is 0 Å². The molecule has 0 amide bonds. The van der Waals surface area contributed by atoms with Gasteiger partial charge in [-0.1, -0.05) is 30.7 Å². The molecule has 1 aliphatic heterocycles. The van der Waals surface area contributed by atoms with Gasteiger partial charge in [0, 0.05) is 18.4 Å². The highest BCUT2D eigenvalue weighted by Gasteiger charge is 2.15. The van der Waals surface area contributed by atoms with Gasteiger partial charge in [0.25, 0.3) is 0 Å². The molecule has 19 heavy (non-hydrogen) atoms. The Kier molecular flexibility index (Phi) is 3.89. The Hall–Kier alpha value is -1.67. The Morgan fingerprint density at radius 2 is 1.89 bits per heavy atom. The van der Waals surface area contributed by atoms with Gasteiger partial charge < -0.3 is 5.32 Å². The second-order valence-electron chi connectivity index (χ2n) is 5.24. The molecule has 2 aromatic rings. The Balaban J connectivity index is 1.85. The third-order valence-corrected chi connectivity index (χ3v) is 3.89. The maximum atomic E-state index is 4.10. The SMILES string of the molecule is c1ccc(-c2ccncc2)c(CC2CCCCN2)c1. The molecule has 1 saturated heterocycles. The molecule has 3 rings (SSSR count). The number of aromatic nitrogens is 1. The number of hydrogen-bond donors (Lipinski definition) is 1. The predicted octanol–water partition coefficient (Wildman–Crippen LogP) is 3.43. The van der Waals surface area contributed by atoms with Gasteiger partial charge >= 0.3 is 0 Å². The summed E-state index contributed by atoms with van der Waals surface area (Å²) in [5.41, 5.74) is 4.05. The van der Waals surface area contributed by atoms with Crippen LogP contribution in [0.25, 0.3) is 11.1 Å². The topological polar surface area (TPSA) is 24.9 Å². The Labute approximate surface area is 114 Å². The Morgan fingerprint density at radius 1 is 1.05 bits per heavy atom. The molecular weight excluding hydrogens is 232 g/mol. The molecule has 0 radical (unpaired) electrons. The monoisotopic (exact) mass is 252 g/mol. The van der Waals surface area contributed by atoms with Gasteiger partial charge in [-0.2, -0.15) is 0 Å². The second kappa shape index (κ2) is 5.98. The number of piperidine rings is 1. The lowest BCUT2D eigenvalue weighted by Gasteiger charge is -2.24. The maximum Gasteiger partial charge on any atom is 0.0273 e. The molecule has 0 aliphatic carbocycles. The largest absolute Gasteiger partial charge is 0.314 e. The van der Waals surface area contributed by atoms with Crippen LogP contribution in [-0.4, -0.2) is 17.6 Å². The molecule has 2 nitrogen and oxygen atoms in total. The molecule has 2 heteroatoms. The summed E-state index contributed by atoms with van der Waals surface area (Å²) >= 11 is 0. The van der Waals surface area contributed by atoms with Crippen LogP contribution in [0, 0.1) is 0 Å². The highest BCUT2D eigenvalue weighted by Crippen LogP contribution is 2.25. The first-order valence-electron chi connectivity index (χ1n) is 7.15. The van der Waals surface area contributed by atoms with Crippen molar-refractivity contribution in [2.45, 2.75) is 31.7 Å². The van der Waals surface area contributed by atoms with E-state index in [1.807, 2.05) is 12.4 Å². The molecule has 1 N–H and O–H groups in total. The molecule has 0 saturated carbocycles. The highest BCUT2D eigenvalue weighted by molar-refractivity contribution is 5.66. The van der Waals surface area contributed by atoms with Crippen molar-refractivity contribution in [3.63, 3.8) is 0 Å². The van der Waals surface area contributed by atoms with Gasteiger partial charge in [0.1, 0.15) is 0 Å². The van der Waals surface area contributed by atoms with E-state index in [0.29, 0.717) is 6.04 Å². The second-order valence-corrected chi connectivity index (χ2v) is 5.24. The van der Waals surface area contributed by atoms with Crippen molar-refractivity contribution in [2.75, 3.05) is 6.54 Å². The average molecular weight is 252 g/mol. The number of hydrogen-bond acceptors (Lipinski definition) is 2. The lowest BCUT2D eigenvalue weighted by molar-refractivity contribution is 0.399. The van der Waals surface area contributed by atoms with Gasteiger partial charge in [0.2, 0.25) is 0 Å². The smallest absolute Gasteiger partial charge is 0.0273 e. The van der Waals surface area contributed by atoms with Crippen molar-refractivity contribution in [3.8, 4) is 11.1 Å². The van der Waals surface area contributed by atoms with Gasteiger partial charge in [-0.3, -0.25) is 4.98 Å². The fourth-order valence-electron chi connectivity index (χ4n) is 2.88. The minimum Gasteiger partial charge on any atom is -0.314 e. The number of nitrogens with zero attached hydrogens (tertiary/aromatic N) is 1. The van der Waals surface area contributed by atoms with Crippen LogP contribution in [0.1, 0.15) is 24.8 Å². The van der Waals surface area contributed by atoms with Crippen LogP contribution in [0.2, 0.25) is 0 Å². The van der Waals surface area contributed by atoms with Crippen LogP contribution in [-0.2, 0) is 6.42 Å². The van der Waals surface area contributed by atoms with Gasteiger partial charge in [-0.05, 0) is 54.6 Å². The van der Waals surface area contributed by atoms with Crippen molar-refractivity contribution < 1.29 is 0 Å². The van der Waals surface area contributed by atoms with Gasteiger partial charge in [0.15, 0.2) is 0 Å². The number of rotatable bonds is 3. The number of benzene rings is 1. The van der Waals surface area contributed by atoms with Crippen LogP contribution in [0.3, 0.4) is 0 Å². The fourth-order valence-corrected chi connectivity index (χ4v) is 2.88. The molecule has 0 bridgehead atoms. The van der Waals surface area contributed by atoms with Crippen molar-refractivity contribution >= 4 is 0 Å². The quantitative estimate of drug-likeness (QED) is 0.905. The maximum absolute atomic E-state index is 4.10. The summed E-state index contributed by atoms with van der Waals surface area (Å²) in [6.45, 7) is 1.17. The molecule has 2 heterocycles. The summed E-state index contributed by atoms with van der Waals surface area (Å²) in [4.78, 5) is 4.10. The Morgan fingerprint density at radius 3 is 2.68 bits per heavy atom. The molecule has 1 aromatic carbocycles. The summed E-state index contributed by atoms with van der Waals surface area (Å²) in [6, 6.07) is 13.5. The van der Waals surface area contributed by atoms with Crippen molar-refractivity contribution in [3.05, 3.63) is 54.4 Å². The zero-order valence-corrected chi connectivity index (χ0v) is 11.2. The summed E-state index contributed by atoms with van der Waals surface area (Å²) < 4.78 is 0. The zero-order valence-electron chi connectivity index (χ0n) is 11.2. The van der Waals surface area contributed by atoms with Crippen molar-refractivity contribution in [1.29, 1.82) is 0 Å². The fraction of sp³-hybridized carbons (Fsp3) is 0.353. The van der Waals surface area contributed by atoms with Crippen molar-refractivity contribution in [2.24, 2.45) is 0 Å². The van der Waals surface area contributed by atoms with Gasteiger partial charge in [-0.25, -0.2) is 0 Å². The first-order chi connectivity index (χ1) is 9.43. The van der Waals surface area contributed by atoms with E-state index in [0.717, 1.165) is 6.42 Å². The first kappa shape index (κ1) is 12.4. The van der Waals surface area contributed by atoms with Crippen molar-refractivity contribution in [1.82, 2.24) is 10.3 Å². The lowest BCUT2D eigenvalue weighted by atomic mass is 9.92. The molecule has 1 aliphatic rings. The first-order valence-corrected chi connectivity index (χ1v) is 7.15. The van der Waals surface area contributed by atoms with E-state index in [4.69, 9.17) is 0 Å². The van der Waals surface area contributed by atoms with Crippen LogP contribution < -0.4 is 5.32 Å². The minimum absolute atomic E-state index is 0.636. The third kappa shape index (κ3) is 3.02. The zero-order chi connectivity index (χ0) is 12.9. The van der Waals surface area contributed by atoms with E-state index in [9.17, 15) is 0 Å². The normalized spacial score (nSPS) is 19.3. The predicted molar refractivity (Wildman–Crippen MR) is 79.0 cm³/mol. The molecule has 1 aromatic heterocycles. The lowest BCUT2D eigenvalue weighted by Crippen LogP contribution is -2.35.